The van der Waals surface area contributed by atoms with Crippen molar-refractivity contribution in [3.63, 3.8) is 0 Å². The minimum absolute atomic E-state index is 0.0771. The zero-order chi connectivity index (χ0) is 22.7. The van der Waals surface area contributed by atoms with E-state index in [-0.39, 0.29) is 6.42 Å². The Balaban J connectivity index is 1.69. The topological polar surface area (TPSA) is 80.7 Å². The van der Waals surface area contributed by atoms with Gasteiger partial charge in [-0.1, -0.05) is 37.1 Å². The maximum Gasteiger partial charge on any atom is 0.303 e. The highest BCUT2D eigenvalue weighted by atomic mass is 32.2. The monoisotopic (exact) mass is 452 g/mol. The number of aryl methyl sites for hydroxylation is 1. The molecule has 1 aliphatic carbocycles. The van der Waals surface area contributed by atoms with Gasteiger partial charge in [-0.2, -0.15) is 0 Å². The van der Waals surface area contributed by atoms with E-state index in [4.69, 9.17) is 9.84 Å². The van der Waals surface area contributed by atoms with E-state index < -0.39 is 15.8 Å². The average molecular weight is 453 g/mol. The number of hydrogen-bond donors (Lipinski definition) is 1. The van der Waals surface area contributed by atoms with Gasteiger partial charge in [0.2, 0.25) is 0 Å². The molecule has 0 amide bonds. The molecule has 6 heteroatoms. The van der Waals surface area contributed by atoms with Crippen LogP contribution in [0.4, 0.5) is 0 Å². The molecule has 0 bridgehead atoms. The lowest BCUT2D eigenvalue weighted by Crippen LogP contribution is -2.09. The minimum Gasteiger partial charge on any atom is -0.493 e. The van der Waals surface area contributed by atoms with Crippen molar-refractivity contribution in [1.29, 1.82) is 0 Å². The quantitative estimate of drug-likeness (QED) is 0.488. The second-order valence-corrected chi connectivity index (χ2v) is 10.7. The fraction of sp³-hybridized carbons (Fsp3) is 0.346. The van der Waals surface area contributed by atoms with Crippen molar-refractivity contribution in [3.8, 4) is 16.9 Å². The lowest BCUT2D eigenvalue weighted by molar-refractivity contribution is -0.136. The molecular weight excluding hydrogens is 424 g/mol. The van der Waals surface area contributed by atoms with Gasteiger partial charge in [0, 0.05) is 18.2 Å². The fourth-order valence-corrected chi connectivity index (χ4v) is 5.00. The zero-order valence-electron chi connectivity index (χ0n) is 18.2. The highest BCUT2D eigenvalue weighted by molar-refractivity contribution is 7.90. The van der Waals surface area contributed by atoms with Crippen LogP contribution in [0, 0.1) is 5.92 Å². The molecule has 5 nitrogen and oxygen atoms in total. The van der Waals surface area contributed by atoms with E-state index in [1.165, 1.54) is 31.9 Å². The van der Waals surface area contributed by atoms with Gasteiger partial charge in [-0.05, 0) is 77.4 Å². The summed E-state index contributed by atoms with van der Waals surface area (Å²) in [4.78, 5) is 11.3. The number of rotatable bonds is 8. The van der Waals surface area contributed by atoms with E-state index in [1.807, 2.05) is 42.5 Å². The number of sulfone groups is 1. The summed E-state index contributed by atoms with van der Waals surface area (Å²) >= 11 is 0. The van der Waals surface area contributed by atoms with Crippen LogP contribution in [0.15, 0.2) is 59.5 Å². The van der Waals surface area contributed by atoms with Gasteiger partial charge in [0.25, 0.3) is 0 Å². The molecule has 0 atom stereocenters. The first-order chi connectivity index (χ1) is 15.3. The molecule has 1 fully saturated rings. The van der Waals surface area contributed by atoms with Gasteiger partial charge in [0.05, 0.1) is 11.5 Å². The van der Waals surface area contributed by atoms with E-state index in [2.05, 4.69) is 0 Å². The lowest BCUT2D eigenvalue weighted by atomic mass is 9.97. The molecular formula is C26H28O5S. The number of ether oxygens (including phenoxy) is 1. The Hall–Kier alpha value is -2.86. The number of fused-ring (bicyclic) bond motifs is 1. The largest absolute Gasteiger partial charge is 0.493 e. The van der Waals surface area contributed by atoms with Crippen LogP contribution in [-0.2, 0) is 21.1 Å². The highest BCUT2D eigenvalue weighted by Gasteiger charge is 2.17. The van der Waals surface area contributed by atoms with Gasteiger partial charge in [0.15, 0.2) is 9.84 Å². The van der Waals surface area contributed by atoms with Crippen LogP contribution in [0.2, 0.25) is 0 Å². The number of hydrogen-bond acceptors (Lipinski definition) is 4. The minimum atomic E-state index is -3.27. The van der Waals surface area contributed by atoms with Crippen LogP contribution in [0.1, 0.15) is 37.7 Å². The van der Waals surface area contributed by atoms with Crippen molar-refractivity contribution < 1.29 is 23.1 Å². The Morgan fingerprint density at radius 3 is 2.44 bits per heavy atom. The van der Waals surface area contributed by atoms with Gasteiger partial charge >= 0.3 is 5.97 Å². The molecule has 0 saturated heterocycles. The second-order valence-electron chi connectivity index (χ2n) is 8.68. The van der Waals surface area contributed by atoms with Gasteiger partial charge < -0.3 is 9.84 Å². The Morgan fingerprint density at radius 2 is 1.72 bits per heavy atom. The zero-order valence-corrected chi connectivity index (χ0v) is 19.0. The molecule has 0 unspecified atom stereocenters. The summed E-state index contributed by atoms with van der Waals surface area (Å²) in [7, 11) is -3.27. The van der Waals surface area contributed by atoms with Crippen LogP contribution in [0.5, 0.6) is 5.75 Å². The lowest BCUT2D eigenvalue weighted by Gasteiger charge is -2.16. The van der Waals surface area contributed by atoms with Crippen molar-refractivity contribution in [2.75, 3.05) is 12.9 Å². The third-order valence-electron chi connectivity index (χ3n) is 6.17. The molecule has 0 aliphatic heterocycles. The van der Waals surface area contributed by atoms with Gasteiger partial charge in [-0.15, -0.1) is 0 Å². The summed E-state index contributed by atoms with van der Waals surface area (Å²) < 4.78 is 30.0. The van der Waals surface area contributed by atoms with Crippen LogP contribution >= 0.6 is 0 Å². The van der Waals surface area contributed by atoms with E-state index in [0.29, 0.717) is 23.8 Å². The predicted molar refractivity (Wildman–Crippen MR) is 126 cm³/mol. The first-order valence-electron chi connectivity index (χ1n) is 11.0. The van der Waals surface area contributed by atoms with Crippen molar-refractivity contribution >= 4 is 26.6 Å². The molecule has 32 heavy (non-hydrogen) atoms. The van der Waals surface area contributed by atoms with E-state index in [1.54, 1.807) is 12.1 Å². The second kappa shape index (κ2) is 9.33. The first kappa shape index (κ1) is 22.3. The molecule has 1 N–H and O–H groups in total. The third-order valence-corrected chi connectivity index (χ3v) is 7.28. The average Bonchev–Trinajstić information content (AvgIpc) is 3.29. The van der Waals surface area contributed by atoms with Gasteiger partial charge in [-0.25, -0.2) is 8.42 Å². The summed E-state index contributed by atoms with van der Waals surface area (Å²) in [5, 5.41) is 10.8. The number of benzene rings is 3. The summed E-state index contributed by atoms with van der Waals surface area (Å²) in [6.45, 7) is 0.687. The van der Waals surface area contributed by atoms with Crippen molar-refractivity contribution in [2.45, 2.75) is 43.4 Å². The maximum absolute atomic E-state index is 11.9. The first-order valence-corrected chi connectivity index (χ1v) is 12.9. The Kier molecular flexibility index (Phi) is 6.51. The normalized spacial score (nSPS) is 14.7. The molecule has 168 valence electrons. The van der Waals surface area contributed by atoms with Crippen molar-refractivity contribution in [2.24, 2.45) is 5.92 Å². The molecule has 1 aliphatic rings. The molecule has 0 radical (unpaired) electrons. The Morgan fingerprint density at radius 1 is 1.00 bits per heavy atom. The SMILES string of the molecule is CS(=O)(=O)c1ccc2cc(-c3cc(CCC(=O)O)ccc3OCC3CCCC3)ccc2c1. The summed E-state index contributed by atoms with van der Waals surface area (Å²) in [6, 6.07) is 16.9. The Labute approximate surface area is 189 Å². The van der Waals surface area contributed by atoms with Crippen molar-refractivity contribution in [1.82, 2.24) is 0 Å². The highest BCUT2D eigenvalue weighted by Crippen LogP contribution is 2.35. The molecule has 0 heterocycles. The van der Waals surface area contributed by atoms with E-state index in [0.717, 1.165) is 33.2 Å². The molecule has 0 spiro atoms. The molecule has 4 rings (SSSR count). The predicted octanol–water partition coefficient (Wildman–Crippen LogP) is 5.50. The fourth-order valence-electron chi connectivity index (χ4n) is 4.34. The van der Waals surface area contributed by atoms with E-state index >= 15 is 0 Å². The van der Waals surface area contributed by atoms with E-state index in [9.17, 15) is 13.2 Å². The molecule has 1 saturated carbocycles. The van der Waals surface area contributed by atoms with Crippen LogP contribution in [0.25, 0.3) is 21.9 Å². The maximum atomic E-state index is 11.9. The van der Waals surface area contributed by atoms with Crippen LogP contribution < -0.4 is 4.74 Å². The van der Waals surface area contributed by atoms with Gasteiger partial charge in [-0.3, -0.25) is 4.79 Å². The van der Waals surface area contributed by atoms with Crippen LogP contribution in [0.3, 0.4) is 0 Å². The van der Waals surface area contributed by atoms with Crippen LogP contribution in [-0.4, -0.2) is 32.4 Å². The summed E-state index contributed by atoms with van der Waals surface area (Å²) in [5.41, 5.74) is 2.84. The molecule has 3 aromatic carbocycles. The summed E-state index contributed by atoms with van der Waals surface area (Å²) in [6.07, 6.45) is 6.66. The molecule has 0 aromatic heterocycles. The number of carboxylic acid groups (broad SMARTS) is 1. The Bertz CT molecular complexity index is 1240. The number of carbonyl (C=O) groups is 1. The number of carboxylic acids is 1. The standard InChI is InChI=1S/C26H28O5S/c1-32(29,30)23-11-10-20-15-22(9-8-21(20)16-23)24-14-18(7-13-26(27)28)6-12-25(24)31-17-19-4-2-3-5-19/h6,8-12,14-16,19H,2-5,7,13,17H2,1H3,(H,27,28). The third kappa shape index (κ3) is 5.30. The smallest absolute Gasteiger partial charge is 0.303 e. The van der Waals surface area contributed by atoms with Gasteiger partial charge in [0.1, 0.15) is 5.75 Å². The molecule has 3 aromatic rings. The number of aliphatic carboxylic acids is 1. The van der Waals surface area contributed by atoms with Crippen molar-refractivity contribution in [3.05, 3.63) is 60.2 Å². The summed E-state index contributed by atoms with van der Waals surface area (Å²) in [5.74, 6) is 0.559.